The number of nitrogens with one attached hydrogen (secondary N) is 2. The fourth-order valence-electron chi connectivity index (χ4n) is 2.71. The lowest BCUT2D eigenvalue weighted by atomic mass is 10.2. The van der Waals surface area contributed by atoms with E-state index in [0.29, 0.717) is 16.7 Å². The zero-order chi connectivity index (χ0) is 16.8. The Kier molecular flexibility index (Phi) is 3.22. The summed E-state index contributed by atoms with van der Waals surface area (Å²) >= 11 is 7.52. The number of halogens is 1. The third-order valence-corrected chi connectivity index (χ3v) is 4.93. The minimum absolute atomic E-state index is 0.614. The van der Waals surface area contributed by atoms with Gasteiger partial charge in [0.1, 0.15) is 5.01 Å². The molecule has 0 radical (unpaired) electrons. The average Bonchev–Trinajstić information content (AvgIpc) is 3.32. The van der Waals surface area contributed by atoms with E-state index in [1.54, 1.807) is 17.5 Å². The second-order valence-corrected chi connectivity index (χ2v) is 6.82. The summed E-state index contributed by atoms with van der Waals surface area (Å²) in [6.07, 6.45) is 1.80. The van der Waals surface area contributed by atoms with Crippen LogP contribution in [0.1, 0.15) is 0 Å². The van der Waals surface area contributed by atoms with Crippen molar-refractivity contribution in [3.8, 4) is 10.6 Å². The lowest BCUT2D eigenvalue weighted by molar-refractivity contribution is 1.01. The Labute approximate surface area is 151 Å². The predicted molar refractivity (Wildman–Crippen MR) is 101 cm³/mol. The highest BCUT2D eigenvalue weighted by Gasteiger charge is 2.11. The molecule has 0 saturated heterocycles. The molecule has 122 valence electrons. The van der Waals surface area contributed by atoms with Crippen LogP contribution >= 0.6 is 22.9 Å². The van der Waals surface area contributed by atoms with Crippen molar-refractivity contribution in [1.82, 2.24) is 24.6 Å². The third kappa shape index (κ3) is 2.54. The number of hydrogen-bond acceptors (Lipinski definition) is 5. The molecule has 0 fully saturated rings. The molecule has 0 saturated carbocycles. The normalized spacial score (nSPS) is 11.4. The maximum absolute atomic E-state index is 5.91. The van der Waals surface area contributed by atoms with Gasteiger partial charge in [0, 0.05) is 27.9 Å². The molecule has 5 rings (SSSR count). The molecule has 6 nitrogen and oxygen atoms in total. The highest BCUT2D eigenvalue weighted by atomic mass is 35.5. The van der Waals surface area contributed by atoms with Crippen LogP contribution in [0.15, 0.2) is 54.0 Å². The van der Waals surface area contributed by atoms with Crippen LogP contribution < -0.4 is 5.32 Å². The van der Waals surface area contributed by atoms with Crippen LogP contribution in [-0.4, -0.2) is 24.6 Å². The summed E-state index contributed by atoms with van der Waals surface area (Å²) in [7, 11) is 0. The monoisotopic (exact) mass is 366 g/mol. The van der Waals surface area contributed by atoms with E-state index in [1.807, 2.05) is 52.4 Å². The summed E-state index contributed by atoms with van der Waals surface area (Å²) in [6.45, 7) is 0. The lowest BCUT2D eigenvalue weighted by Crippen LogP contribution is -1.93. The molecular formula is C17H11ClN6S. The SMILES string of the molecule is Clc1ccc(Nc2nc3nc4cc(-c5nccs5)ccc4n3[nH]2)cc1. The van der Waals surface area contributed by atoms with Crippen LogP contribution in [0.4, 0.5) is 11.6 Å². The van der Waals surface area contributed by atoms with E-state index in [-0.39, 0.29) is 0 Å². The molecule has 2 aromatic carbocycles. The Bertz CT molecular complexity index is 1170. The van der Waals surface area contributed by atoms with E-state index >= 15 is 0 Å². The van der Waals surface area contributed by atoms with Crippen LogP contribution in [0.3, 0.4) is 0 Å². The molecule has 25 heavy (non-hydrogen) atoms. The number of anilines is 2. The van der Waals surface area contributed by atoms with Gasteiger partial charge in [-0.15, -0.1) is 11.3 Å². The highest BCUT2D eigenvalue weighted by molar-refractivity contribution is 7.13. The number of hydrogen-bond donors (Lipinski definition) is 2. The molecule has 0 spiro atoms. The molecule has 0 unspecified atom stereocenters. The van der Waals surface area contributed by atoms with Crippen molar-refractivity contribution in [1.29, 1.82) is 0 Å². The Morgan fingerprint density at radius 1 is 1.08 bits per heavy atom. The van der Waals surface area contributed by atoms with Crippen molar-refractivity contribution >= 4 is 51.4 Å². The summed E-state index contributed by atoms with van der Waals surface area (Å²) in [4.78, 5) is 13.4. The Morgan fingerprint density at radius 3 is 2.76 bits per heavy atom. The van der Waals surface area contributed by atoms with E-state index in [1.165, 1.54) is 0 Å². The smallest absolute Gasteiger partial charge is 0.253 e. The van der Waals surface area contributed by atoms with E-state index < -0.39 is 0 Å². The van der Waals surface area contributed by atoms with Gasteiger partial charge in [-0.25, -0.2) is 14.5 Å². The Balaban J connectivity index is 1.53. The van der Waals surface area contributed by atoms with Crippen LogP contribution in [0, 0.1) is 0 Å². The maximum Gasteiger partial charge on any atom is 0.253 e. The number of imidazole rings is 1. The second kappa shape index (κ2) is 5.58. The van der Waals surface area contributed by atoms with Crippen molar-refractivity contribution in [3.05, 3.63) is 59.1 Å². The molecule has 0 bridgehead atoms. The van der Waals surface area contributed by atoms with Gasteiger partial charge < -0.3 is 5.32 Å². The van der Waals surface area contributed by atoms with Crippen molar-refractivity contribution in [2.24, 2.45) is 0 Å². The second-order valence-electron chi connectivity index (χ2n) is 5.49. The van der Waals surface area contributed by atoms with Gasteiger partial charge in [-0.1, -0.05) is 11.6 Å². The fraction of sp³-hybridized carbons (Fsp3) is 0. The number of benzene rings is 2. The number of thiazole rings is 1. The third-order valence-electron chi connectivity index (χ3n) is 3.85. The molecule has 3 aromatic heterocycles. The highest BCUT2D eigenvalue weighted by Crippen LogP contribution is 2.26. The average molecular weight is 367 g/mol. The first-order valence-electron chi connectivity index (χ1n) is 7.57. The fourth-order valence-corrected chi connectivity index (χ4v) is 3.47. The van der Waals surface area contributed by atoms with Gasteiger partial charge in [0.05, 0.1) is 11.0 Å². The number of aromatic amines is 1. The molecule has 2 N–H and O–H groups in total. The Hall–Kier alpha value is -2.90. The first kappa shape index (κ1) is 14.4. The first-order valence-corrected chi connectivity index (χ1v) is 8.83. The Morgan fingerprint density at radius 2 is 1.96 bits per heavy atom. The van der Waals surface area contributed by atoms with E-state index in [0.717, 1.165) is 27.3 Å². The quantitative estimate of drug-likeness (QED) is 0.484. The van der Waals surface area contributed by atoms with Gasteiger partial charge in [0.15, 0.2) is 0 Å². The maximum atomic E-state index is 5.91. The van der Waals surface area contributed by atoms with Gasteiger partial charge in [0.2, 0.25) is 5.95 Å². The van der Waals surface area contributed by atoms with E-state index in [4.69, 9.17) is 11.6 Å². The molecule has 0 aliphatic heterocycles. The number of fused-ring (bicyclic) bond motifs is 3. The minimum atomic E-state index is 0.614. The summed E-state index contributed by atoms with van der Waals surface area (Å²) in [6, 6.07) is 13.5. The topological polar surface area (TPSA) is 70.9 Å². The van der Waals surface area contributed by atoms with Gasteiger partial charge in [-0.3, -0.25) is 5.10 Å². The first-order chi connectivity index (χ1) is 12.3. The van der Waals surface area contributed by atoms with Crippen molar-refractivity contribution < 1.29 is 0 Å². The largest absolute Gasteiger partial charge is 0.325 e. The summed E-state index contributed by atoms with van der Waals surface area (Å²) in [5.41, 5.74) is 3.80. The zero-order valence-electron chi connectivity index (χ0n) is 12.8. The molecule has 3 heterocycles. The van der Waals surface area contributed by atoms with Crippen LogP contribution in [-0.2, 0) is 0 Å². The molecule has 5 aromatic rings. The van der Waals surface area contributed by atoms with E-state index in [9.17, 15) is 0 Å². The van der Waals surface area contributed by atoms with E-state index in [2.05, 4.69) is 25.4 Å². The number of rotatable bonds is 3. The van der Waals surface area contributed by atoms with Crippen molar-refractivity contribution in [3.63, 3.8) is 0 Å². The summed E-state index contributed by atoms with van der Waals surface area (Å²) in [5.74, 6) is 1.23. The standard InChI is InChI=1S/C17H11ClN6S/c18-11-2-4-12(5-3-11)20-16-22-17-21-13-9-10(15-19-7-8-25-15)1-6-14(13)24(17)23-16/h1-9H,(H2,20,21,22,23). The van der Waals surface area contributed by atoms with Crippen LogP contribution in [0.5, 0.6) is 0 Å². The van der Waals surface area contributed by atoms with Gasteiger partial charge in [0.25, 0.3) is 5.78 Å². The molecule has 0 atom stereocenters. The van der Waals surface area contributed by atoms with Gasteiger partial charge in [-0.2, -0.15) is 4.98 Å². The number of aromatic nitrogens is 5. The van der Waals surface area contributed by atoms with Crippen molar-refractivity contribution in [2.45, 2.75) is 0 Å². The lowest BCUT2D eigenvalue weighted by Gasteiger charge is -2.02. The summed E-state index contributed by atoms with van der Waals surface area (Å²) in [5, 5.41) is 10.1. The number of H-pyrrole nitrogens is 1. The molecule has 0 aliphatic carbocycles. The van der Waals surface area contributed by atoms with Crippen molar-refractivity contribution in [2.75, 3.05) is 5.32 Å². The van der Waals surface area contributed by atoms with Gasteiger partial charge in [-0.05, 0) is 42.5 Å². The number of nitrogens with zero attached hydrogens (tertiary/aromatic N) is 4. The predicted octanol–water partition coefficient (Wildman–Crippen LogP) is 4.73. The van der Waals surface area contributed by atoms with Crippen LogP contribution in [0.2, 0.25) is 5.02 Å². The zero-order valence-corrected chi connectivity index (χ0v) is 14.3. The molecule has 8 heteroatoms. The summed E-state index contributed by atoms with van der Waals surface area (Å²) < 4.78 is 1.86. The molecule has 0 aliphatic rings. The molecular weight excluding hydrogens is 356 g/mol. The molecule has 0 amide bonds. The van der Waals surface area contributed by atoms with Gasteiger partial charge >= 0.3 is 0 Å². The van der Waals surface area contributed by atoms with Crippen LogP contribution in [0.25, 0.3) is 27.4 Å². The minimum Gasteiger partial charge on any atom is -0.325 e.